The van der Waals surface area contributed by atoms with Gasteiger partial charge in [-0.05, 0) is 29.9 Å². The van der Waals surface area contributed by atoms with Crippen molar-refractivity contribution in [3.63, 3.8) is 0 Å². The highest BCUT2D eigenvalue weighted by Gasteiger charge is 2.11. The van der Waals surface area contributed by atoms with Gasteiger partial charge in [0.15, 0.2) is 0 Å². The van der Waals surface area contributed by atoms with Crippen LogP contribution in [0, 0.1) is 0 Å². The Kier molecular flexibility index (Phi) is 4.69. The number of carbonyl (C=O) groups excluding carboxylic acids is 1. The molecule has 82 valence electrons. The van der Waals surface area contributed by atoms with E-state index in [1.54, 1.807) is 11.8 Å². The molecular formula is C12H16O2S. The molecule has 0 saturated carbocycles. The largest absolute Gasteiger partial charge is 0.465 e. The van der Waals surface area contributed by atoms with Crippen LogP contribution in [0.15, 0.2) is 23.1 Å². The molecule has 0 heterocycles. The summed E-state index contributed by atoms with van der Waals surface area (Å²) in [5, 5.41) is 0. The van der Waals surface area contributed by atoms with Gasteiger partial charge in [-0.2, -0.15) is 0 Å². The molecule has 0 aliphatic rings. The lowest BCUT2D eigenvalue weighted by atomic mass is 10.1. The number of ether oxygens (including phenoxy) is 1. The maximum absolute atomic E-state index is 11.5. The van der Waals surface area contributed by atoms with Crippen molar-refractivity contribution in [1.29, 1.82) is 0 Å². The maximum atomic E-state index is 11.5. The van der Waals surface area contributed by atoms with Gasteiger partial charge in [0, 0.05) is 4.90 Å². The second-order valence-electron chi connectivity index (χ2n) is 3.10. The number of aryl methyl sites for hydroxylation is 1. The highest BCUT2D eigenvalue weighted by Crippen LogP contribution is 2.22. The fourth-order valence-corrected chi connectivity index (χ4v) is 2.12. The topological polar surface area (TPSA) is 26.3 Å². The first kappa shape index (κ1) is 12.1. The first-order chi connectivity index (χ1) is 7.22. The minimum absolute atomic E-state index is 0.245. The van der Waals surface area contributed by atoms with Crippen LogP contribution in [0.3, 0.4) is 0 Å². The van der Waals surface area contributed by atoms with Crippen molar-refractivity contribution < 1.29 is 9.53 Å². The molecular weight excluding hydrogens is 208 g/mol. The molecule has 0 amide bonds. The summed E-state index contributed by atoms with van der Waals surface area (Å²) in [6, 6.07) is 5.97. The molecule has 0 saturated heterocycles. The summed E-state index contributed by atoms with van der Waals surface area (Å²) in [5.74, 6) is 0.761. The number of hydrogen-bond acceptors (Lipinski definition) is 3. The van der Waals surface area contributed by atoms with E-state index in [1.807, 2.05) is 19.1 Å². The van der Waals surface area contributed by atoms with Crippen molar-refractivity contribution in [3.8, 4) is 0 Å². The minimum Gasteiger partial charge on any atom is -0.465 e. The number of benzene rings is 1. The van der Waals surface area contributed by atoms with Crippen LogP contribution in [0.1, 0.15) is 29.8 Å². The molecule has 0 fully saturated rings. The standard InChI is InChI=1S/C12H16O2S/c1-4-9-6-7-10(15-5-2)8-11(9)12(13)14-3/h6-8H,4-5H2,1-3H3. The van der Waals surface area contributed by atoms with Crippen LogP contribution >= 0.6 is 11.8 Å². The molecule has 1 rings (SSSR count). The predicted molar refractivity (Wildman–Crippen MR) is 63.6 cm³/mol. The molecule has 0 aliphatic carbocycles. The van der Waals surface area contributed by atoms with Gasteiger partial charge in [-0.1, -0.05) is 19.9 Å². The maximum Gasteiger partial charge on any atom is 0.338 e. The van der Waals surface area contributed by atoms with Gasteiger partial charge in [0.05, 0.1) is 12.7 Å². The Hall–Kier alpha value is -0.960. The molecule has 0 N–H and O–H groups in total. The van der Waals surface area contributed by atoms with E-state index in [0.29, 0.717) is 5.56 Å². The van der Waals surface area contributed by atoms with Crippen molar-refractivity contribution in [1.82, 2.24) is 0 Å². The number of methoxy groups -OCH3 is 1. The highest BCUT2D eigenvalue weighted by molar-refractivity contribution is 7.99. The Labute approximate surface area is 95.0 Å². The number of rotatable bonds is 4. The van der Waals surface area contributed by atoms with E-state index in [1.165, 1.54) is 7.11 Å². The Morgan fingerprint density at radius 2 is 2.13 bits per heavy atom. The summed E-state index contributed by atoms with van der Waals surface area (Å²) in [7, 11) is 1.42. The highest BCUT2D eigenvalue weighted by atomic mass is 32.2. The fourth-order valence-electron chi connectivity index (χ4n) is 1.42. The summed E-state index contributed by atoms with van der Waals surface area (Å²) in [4.78, 5) is 12.6. The first-order valence-corrected chi connectivity index (χ1v) is 6.05. The zero-order chi connectivity index (χ0) is 11.3. The summed E-state index contributed by atoms with van der Waals surface area (Å²) >= 11 is 1.73. The van der Waals surface area contributed by atoms with E-state index in [0.717, 1.165) is 22.6 Å². The van der Waals surface area contributed by atoms with Crippen LogP contribution in [0.25, 0.3) is 0 Å². The lowest BCUT2D eigenvalue weighted by Gasteiger charge is -2.07. The summed E-state index contributed by atoms with van der Waals surface area (Å²) in [5.41, 5.74) is 1.74. The Morgan fingerprint density at radius 3 is 2.67 bits per heavy atom. The fraction of sp³-hybridized carbons (Fsp3) is 0.417. The summed E-state index contributed by atoms with van der Waals surface area (Å²) < 4.78 is 4.76. The first-order valence-electron chi connectivity index (χ1n) is 5.07. The molecule has 2 nitrogen and oxygen atoms in total. The van der Waals surface area contributed by atoms with Gasteiger partial charge in [0.2, 0.25) is 0 Å². The molecule has 0 aliphatic heterocycles. The smallest absolute Gasteiger partial charge is 0.338 e. The molecule has 0 bridgehead atoms. The average Bonchev–Trinajstić information content (AvgIpc) is 2.28. The summed E-state index contributed by atoms with van der Waals surface area (Å²) in [6.07, 6.45) is 0.849. The van der Waals surface area contributed by atoms with Gasteiger partial charge in [-0.15, -0.1) is 11.8 Å². The van der Waals surface area contributed by atoms with Gasteiger partial charge < -0.3 is 4.74 Å². The SMILES string of the molecule is CCSc1ccc(CC)c(C(=O)OC)c1. The van der Waals surface area contributed by atoms with Crippen molar-refractivity contribution in [2.45, 2.75) is 25.2 Å². The molecule has 0 unspecified atom stereocenters. The molecule has 0 atom stereocenters. The summed E-state index contributed by atoms with van der Waals surface area (Å²) in [6.45, 7) is 4.13. The number of carbonyl (C=O) groups is 1. The molecule has 0 aromatic heterocycles. The van der Waals surface area contributed by atoms with E-state index < -0.39 is 0 Å². The van der Waals surface area contributed by atoms with E-state index >= 15 is 0 Å². The number of hydrogen-bond donors (Lipinski definition) is 0. The van der Waals surface area contributed by atoms with E-state index in [2.05, 4.69) is 13.0 Å². The third-order valence-corrected chi connectivity index (χ3v) is 3.05. The van der Waals surface area contributed by atoms with Gasteiger partial charge in [-0.3, -0.25) is 0 Å². The Bertz CT molecular complexity index is 347. The quantitative estimate of drug-likeness (QED) is 0.580. The lowest BCUT2D eigenvalue weighted by Crippen LogP contribution is -2.05. The van der Waals surface area contributed by atoms with Gasteiger partial charge >= 0.3 is 5.97 Å². The Morgan fingerprint density at radius 1 is 1.40 bits per heavy atom. The predicted octanol–water partition coefficient (Wildman–Crippen LogP) is 3.15. The number of thioether (sulfide) groups is 1. The van der Waals surface area contributed by atoms with Gasteiger partial charge in [0.1, 0.15) is 0 Å². The Balaban J connectivity index is 3.07. The monoisotopic (exact) mass is 224 g/mol. The lowest BCUT2D eigenvalue weighted by molar-refractivity contribution is 0.0599. The third kappa shape index (κ3) is 2.99. The van der Waals surface area contributed by atoms with Gasteiger partial charge in [-0.25, -0.2) is 4.79 Å². The number of esters is 1. The molecule has 3 heteroatoms. The zero-order valence-corrected chi connectivity index (χ0v) is 10.2. The molecule has 15 heavy (non-hydrogen) atoms. The molecule has 0 radical (unpaired) electrons. The third-order valence-electron chi connectivity index (χ3n) is 2.18. The second-order valence-corrected chi connectivity index (χ2v) is 4.43. The van der Waals surface area contributed by atoms with Crippen LogP contribution in [-0.4, -0.2) is 18.8 Å². The van der Waals surface area contributed by atoms with Crippen molar-refractivity contribution in [2.75, 3.05) is 12.9 Å². The van der Waals surface area contributed by atoms with Crippen molar-refractivity contribution in [3.05, 3.63) is 29.3 Å². The zero-order valence-electron chi connectivity index (χ0n) is 9.37. The van der Waals surface area contributed by atoms with E-state index in [-0.39, 0.29) is 5.97 Å². The van der Waals surface area contributed by atoms with Crippen LogP contribution in [0.5, 0.6) is 0 Å². The molecule has 1 aromatic carbocycles. The van der Waals surface area contributed by atoms with Crippen LogP contribution in [0.4, 0.5) is 0 Å². The van der Waals surface area contributed by atoms with E-state index in [9.17, 15) is 4.79 Å². The van der Waals surface area contributed by atoms with Crippen molar-refractivity contribution >= 4 is 17.7 Å². The van der Waals surface area contributed by atoms with Crippen LogP contribution in [-0.2, 0) is 11.2 Å². The molecule has 1 aromatic rings. The normalized spacial score (nSPS) is 10.1. The second kappa shape index (κ2) is 5.81. The van der Waals surface area contributed by atoms with Crippen molar-refractivity contribution in [2.24, 2.45) is 0 Å². The average molecular weight is 224 g/mol. The molecule has 0 spiro atoms. The van der Waals surface area contributed by atoms with Gasteiger partial charge in [0.25, 0.3) is 0 Å². The van der Waals surface area contributed by atoms with Crippen LogP contribution in [0.2, 0.25) is 0 Å². The minimum atomic E-state index is -0.245. The van der Waals surface area contributed by atoms with Crippen LogP contribution < -0.4 is 0 Å². The van der Waals surface area contributed by atoms with E-state index in [4.69, 9.17) is 4.74 Å².